The van der Waals surface area contributed by atoms with Crippen molar-refractivity contribution >= 4 is 0 Å². The number of hydrogen-bond acceptors (Lipinski definition) is 3. The van der Waals surface area contributed by atoms with Gasteiger partial charge in [-0.3, -0.25) is 4.98 Å². The van der Waals surface area contributed by atoms with E-state index in [0.717, 1.165) is 0 Å². The van der Waals surface area contributed by atoms with Crippen molar-refractivity contribution in [1.29, 1.82) is 0 Å². The van der Waals surface area contributed by atoms with Crippen LogP contribution in [0.15, 0.2) is 12.3 Å². The Morgan fingerprint density at radius 2 is 2.20 bits per heavy atom. The van der Waals surface area contributed by atoms with Crippen molar-refractivity contribution in [2.75, 3.05) is 0 Å². The molecule has 0 saturated carbocycles. The van der Waals surface area contributed by atoms with Crippen LogP contribution >= 0.6 is 0 Å². The molecule has 0 amide bonds. The summed E-state index contributed by atoms with van der Waals surface area (Å²) < 4.78 is 0. The largest absolute Gasteiger partial charge is 0.506 e. The van der Waals surface area contributed by atoms with Crippen molar-refractivity contribution in [3.8, 4) is 11.5 Å². The van der Waals surface area contributed by atoms with E-state index in [9.17, 15) is 0 Å². The summed E-state index contributed by atoms with van der Waals surface area (Å²) in [6.07, 6.45) is 1.99. The van der Waals surface area contributed by atoms with E-state index in [-0.39, 0.29) is 11.5 Å². The second-order valence-electron chi connectivity index (χ2n) is 2.01. The molecule has 1 aromatic rings. The fraction of sp³-hybridized carbons (Fsp3) is 0.286. The molecule has 0 spiro atoms. The minimum Gasteiger partial charge on any atom is -0.506 e. The number of rotatable bonds is 1. The van der Waals surface area contributed by atoms with Crippen LogP contribution in [0.5, 0.6) is 11.5 Å². The Morgan fingerprint density at radius 1 is 1.50 bits per heavy atom. The summed E-state index contributed by atoms with van der Waals surface area (Å²) in [7, 11) is 0. The zero-order valence-electron chi connectivity index (χ0n) is 5.70. The number of hydrogen-bond donors (Lipinski definition) is 2. The van der Waals surface area contributed by atoms with Crippen LogP contribution in [0.1, 0.15) is 12.6 Å². The summed E-state index contributed by atoms with van der Waals surface area (Å²) in [6, 6.07) is 1.28. The molecule has 0 aliphatic rings. The van der Waals surface area contributed by atoms with E-state index < -0.39 is 0 Å². The SMILES string of the molecule is CCc1ncc(O)cc1O. The number of pyridine rings is 1. The minimum absolute atomic E-state index is 0.00491. The maximum absolute atomic E-state index is 9.07. The van der Waals surface area contributed by atoms with E-state index in [2.05, 4.69) is 4.98 Å². The second-order valence-corrected chi connectivity index (χ2v) is 2.01. The van der Waals surface area contributed by atoms with Gasteiger partial charge in [-0.25, -0.2) is 0 Å². The predicted molar refractivity (Wildman–Crippen MR) is 36.9 cm³/mol. The highest BCUT2D eigenvalue weighted by Gasteiger charge is 1.99. The van der Waals surface area contributed by atoms with E-state index in [4.69, 9.17) is 10.2 Å². The zero-order valence-corrected chi connectivity index (χ0v) is 5.70. The van der Waals surface area contributed by atoms with Gasteiger partial charge in [0.15, 0.2) is 0 Å². The Hall–Kier alpha value is -1.25. The third kappa shape index (κ3) is 1.18. The molecular weight excluding hydrogens is 130 g/mol. The summed E-state index contributed by atoms with van der Waals surface area (Å²) in [5, 5.41) is 17.9. The first kappa shape index (κ1) is 6.86. The molecule has 3 nitrogen and oxygen atoms in total. The van der Waals surface area contributed by atoms with Crippen LogP contribution in [0.3, 0.4) is 0 Å². The summed E-state index contributed by atoms with van der Waals surface area (Å²) in [5.41, 5.74) is 0.609. The average molecular weight is 139 g/mol. The molecule has 1 rings (SSSR count). The number of aromatic nitrogens is 1. The first-order valence-electron chi connectivity index (χ1n) is 3.11. The Labute approximate surface area is 59.0 Å². The van der Waals surface area contributed by atoms with Crippen LogP contribution < -0.4 is 0 Å². The van der Waals surface area contributed by atoms with Crippen LogP contribution in [-0.4, -0.2) is 15.2 Å². The molecule has 0 atom stereocenters. The highest BCUT2D eigenvalue weighted by molar-refractivity contribution is 5.32. The fourth-order valence-corrected chi connectivity index (χ4v) is 0.743. The Kier molecular flexibility index (Phi) is 1.76. The second kappa shape index (κ2) is 2.56. The van der Waals surface area contributed by atoms with Gasteiger partial charge >= 0.3 is 0 Å². The zero-order chi connectivity index (χ0) is 7.56. The highest BCUT2D eigenvalue weighted by atomic mass is 16.3. The van der Waals surface area contributed by atoms with E-state index >= 15 is 0 Å². The summed E-state index contributed by atoms with van der Waals surface area (Å²) >= 11 is 0. The molecule has 0 aliphatic heterocycles. The molecule has 54 valence electrons. The molecule has 2 N–H and O–H groups in total. The van der Waals surface area contributed by atoms with Crippen molar-refractivity contribution in [2.45, 2.75) is 13.3 Å². The van der Waals surface area contributed by atoms with Crippen molar-refractivity contribution in [1.82, 2.24) is 4.98 Å². The smallest absolute Gasteiger partial charge is 0.140 e. The molecule has 0 unspecified atom stereocenters. The van der Waals surface area contributed by atoms with Gasteiger partial charge in [0.2, 0.25) is 0 Å². The van der Waals surface area contributed by atoms with Crippen molar-refractivity contribution < 1.29 is 10.2 Å². The van der Waals surface area contributed by atoms with Gasteiger partial charge in [0, 0.05) is 6.07 Å². The lowest BCUT2D eigenvalue weighted by Gasteiger charge is -1.98. The predicted octanol–water partition coefficient (Wildman–Crippen LogP) is 1.06. The molecule has 3 heteroatoms. The van der Waals surface area contributed by atoms with Gasteiger partial charge in [0.05, 0.1) is 11.9 Å². The number of aryl methyl sites for hydroxylation is 1. The summed E-state index contributed by atoms with van der Waals surface area (Å²) in [5.74, 6) is 0.0530. The minimum atomic E-state index is -0.00491. The van der Waals surface area contributed by atoms with Gasteiger partial charge in [0.1, 0.15) is 11.5 Å². The van der Waals surface area contributed by atoms with Gasteiger partial charge in [-0.1, -0.05) is 6.92 Å². The Bertz CT molecular complexity index is 235. The number of aromatic hydroxyl groups is 2. The van der Waals surface area contributed by atoms with Crippen LogP contribution in [0.25, 0.3) is 0 Å². The maximum atomic E-state index is 9.07. The van der Waals surface area contributed by atoms with Gasteiger partial charge in [-0.15, -0.1) is 0 Å². The van der Waals surface area contributed by atoms with Crippen molar-refractivity contribution in [2.24, 2.45) is 0 Å². The normalized spacial score (nSPS) is 9.70. The van der Waals surface area contributed by atoms with Gasteiger partial charge in [-0.05, 0) is 6.42 Å². The lowest BCUT2D eigenvalue weighted by atomic mass is 10.2. The molecule has 0 saturated heterocycles. The molecule has 0 fully saturated rings. The summed E-state index contributed by atoms with van der Waals surface area (Å²) in [6.45, 7) is 1.89. The fourth-order valence-electron chi connectivity index (χ4n) is 0.743. The topological polar surface area (TPSA) is 53.4 Å². The molecular formula is C7H9NO2. The monoisotopic (exact) mass is 139 g/mol. The third-order valence-electron chi connectivity index (χ3n) is 1.27. The lowest BCUT2D eigenvalue weighted by Crippen LogP contribution is -1.85. The van der Waals surface area contributed by atoms with Crippen LogP contribution in [0.4, 0.5) is 0 Å². The molecule has 1 heterocycles. The Morgan fingerprint density at radius 3 is 2.70 bits per heavy atom. The molecule has 0 radical (unpaired) electrons. The first-order valence-corrected chi connectivity index (χ1v) is 3.11. The molecule has 0 aromatic carbocycles. The van der Waals surface area contributed by atoms with E-state index in [0.29, 0.717) is 12.1 Å². The van der Waals surface area contributed by atoms with Crippen molar-refractivity contribution in [3.63, 3.8) is 0 Å². The molecule has 1 aromatic heterocycles. The summed E-state index contributed by atoms with van der Waals surface area (Å²) in [4.78, 5) is 3.80. The lowest BCUT2D eigenvalue weighted by molar-refractivity contribution is 0.440. The number of nitrogens with zero attached hydrogens (tertiary/aromatic N) is 1. The molecule has 0 bridgehead atoms. The highest BCUT2D eigenvalue weighted by Crippen LogP contribution is 2.19. The van der Waals surface area contributed by atoms with Crippen LogP contribution in [0, 0.1) is 0 Å². The van der Waals surface area contributed by atoms with Gasteiger partial charge in [0.25, 0.3) is 0 Å². The quantitative estimate of drug-likeness (QED) is 0.611. The molecule has 0 aliphatic carbocycles. The molecule has 10 heavy (non-hydrogen) atoms. The standard InChI is InChI=1S/C7H9NO2/c1-2-6-7(10)3-5(9)4-8-6/h3-4,9-10H,2H2,1H3. The maximum Gasteiger partial charge on any atom is 0.140 e. The van der Waals surface area contributed by atoms with E-state index in [1.54, 1.807) is 0 Å². The van der Waals surface area contributed by atoms with E-state index in [1.165, 1.54) is 12.3 Å². The van der Waals surface area contributed by atoms with Gasteiger partial charge < -0.3 is 10.2 Å². The first-order chi connectivity index (χ1) is 4.74. The van der Waals surface area contributed by atoms with Crippen molar-refractivity contribution in [3.05, 3.63) is 18.0 Å². The van der Waals surface area contributed by atoms with E-state index in [1.807, 2.05) is 6.92 Å². The Balaban J connectivity index is 3.07. The van der Waals surface area contributed by atoms with Crippen LogP contribution in [0.2, 0.25) is 0 Å². The van der Waals surface area contributed by atoms with Gasteiger partial charge in [-0.2, -0.15) is 0 Å². The average Bonchev–Trinajstić information content (AvgIpc) is 1.88. The third-order valence-corrected chi connectivity index (χ3v) is 1.27. The van der Waals surface area contributed by atoms with Crippen LogP contribution in [-0.2, 0) is 6.42 Å².